The molecule has 2 N–H and O–H groups in total. The molecule has 4 heteroatoms. The molecule has 1 saturated carbocycles. The number of carbonyl (C=O) groups is 1. The molecule has 2 rings (SSSR count). The van der Waals surface area contributed by atoms with E-state index in [2.05, 4.69) is 24.5 Å². The first kappa shape index (κ1) is 13.8. The zero-order valence-electron chi connectivity index (χ0n) is 11.7. The lowest BCUT2D eigenvalue weighted by Crippen LogP contribution is -2.46. The van der Waals surface area contributed by atoms with Crippen LogP contribution in [-0.4, -0.2) is 37.2 Å². The summed E-state index contributed by atoms with van der Waals surface area (Å²) < 4.78 is 5.75. The molecule has 18 heavy (non-hydrogen) atoms. The van der Waals surface area contributed by atoms with Gasteiger partial charge in [-0.1, -0.05) is 13.8 Å². The average molecular weight is 254 g/mol. The molecule has 1 amide bonds. The van der Waals surface area contributed by atoms with Gasteiger partial charge in [0, 0.05) is 18.7 Å². The third-order valence-corrected chi connectivity index (χ3v) is 4.14. The Balaban J connectivity index is 1.68. The maximum absolute atomic E-state index is 11.8. The molecule has 4 nitrogen and oxygen atoms in total. The van der Waals surface area contributed by atoms with Crippen molar-refractivity contribution in [3.63, 3.8) is 0 Å². The minimum absolute atomic E-state index is 0.0950. The van der Waals surface area contributed by atoms with Gasteiger partial charge in [0.05, 0.1) is 12.6 Å². The second-order valence-electron chi connectivity index (χ2n) is 6.05. The van der Waals surface area contributed by atoms with Crippen LogP contribution >= 0.6 is 0 Å². The van der Waals surface area contributed by atoms with Crippen molar-refractivity contribution in [1.82, 2.24) is 10.6 Å². The van der Waals surface area contributed by atoms with E-state index in [1.807, 2.05) is 6.92 Å². The summed E-state index contributed by atoms with van der Waals surface area (Å²) in [6.07, 6.45) is 3.97. The van der Waals surface area contributed by atoms with E-state index in [9.17, 15) is 4.79 Å². The van der Waals surface area contributed by atoms with Crippen molar-refractivity contribution in [3.05, 3.63) is 0 Å². The van der Waals surface area contributed by atoms with Crippen molar-refractivity contribution in [2.24, 2.45) is 11.8 Å². The molecule has 1 saturated heterocycles. The molecule has 0 spiro atoms. The van der Waals surface area contributed by atoms with Gasteiger partial charge in [0.15, 0.2) is 0 Å². The number of ether oxygens (including phenoxy) is 1. The molecule has 0 aromatic carbocycles. The standard InChI is InChI=1S/C14H26N2O2/c1-9(2)10(3)16-13(17)8-15-12-6-7-18-14(12)11-4-5-11/h9-12,14-15H,4-8H2,1-3H3,(H,16,17). The van der Waals surface area contributed by atoms with Crippen LogP contribution in [0.15, 0.2) is 0 Å². The van der Waals surface area contributed by atoms with Crippen molar-refractivity contribution in [3.8, 4) is 0 Å². The first-order chi connectivity index (χ1) is 8.58. The molecule has 3 atom stereocenters. The lowest BCUT2D eigenvalue weighted by molar-refractivity contribution is -0.121. The van der Waals surface area contributed by atoms with Crippen LogP contribution in [0.2, 0.25) is 0 Å². The Morgan fingerprint density at radius 3 is 2.61 bits per heavy atom. The molecule has 0 bridgehead atoms. The van der Waals surface area contributed by atoms with Gasteiger partial charge < -0.3 is 15.4 Å². The molecule has 2 fully saturated rings. The predicted molar refractivity (Wildman–Crippen MR) is 71.3 cm³/mol. The van der Waals surface area contributed by atoms with Crippen LogP contribution in [0.3, 0.4) is 0 Å². The average Bonchev–Trinajstić information content (AvgIpc) is 3.05. The third-order valence-electron chi connectivity index (χ3n) is 4.14. The smallest absolute Gasteiger partial charge is 0.234 e. The molecular formula is C14H26N2O2. The van der Waals surface area contributed by atoms with Gasteiger partial charge in [0.1, 0.15) is 0 Å². The molecule has 1 aliphatic heterocycles. The van der Waals surface area contributed by atoms with E-state index in [-0.39, 0.29) is 11.9 Å². The minimum Gasteiger partial charge on any atom is -0.376 e. The highest BCUT2D eigenvalue weighted by atomic mass is 16.5. The monoisotopic (exact) mass is 254 g/mol. The number of rotatable bonds is 6. The largest absolute Gasteiger partial charge is 0.376 e. The summed E-state index contributed by atoms with van der Waals surface area (Å²) in [4.78, 5) is 11.8. The zero-order valence-corrected chi connectivity index (χ0v) is 11.7. The van der Waals surface area contributed by atoms with Gasteiger partial charge in [-0.25, -0.2) is 0 Å². The minimum atomic E-state index is 0.0950. The van der Waals surface area contributed by atoms with Gasteiger partial charge in [-0.05, 0) is 38.0 Å². The Kier molecular flexibility index (Phi) is 4.62. The van der Waals surface area contributed by atoms with E-state index in [0.29, 0.717) is 24.6 Å². The van der Waals surface area contributed by atoms with Crippen molar-refractivity contribution < 1.29 is 9.53 Å². The summed E-state index contributed by atoms with van der Waals surface area (Å²) >= 11 is 0. The van der Waals surface area contributed by atoms with Crippen molar-refractivity contribution in [1.29, 1.82) is 0 Å². The summed E-state index contributed by atoms with van der Waals surface area (Å²) in [6.45, 7) is 7.53. The van der Waals surface area contributed by atoms with Crippen molar-refractivity contribution >= 4 is 5.91 Å². The SMILES string of the molecule is CC(C)C(C)NC(=O)CNC1CCOC1C1CC1. The van der Waals surface area contributed by atoms with Gasteiger partial charge in [-0.2, -0.15) is 0 Å². The Bertz CT molecular complexity index is 290. The normalized spacial score (nSPS) is 29.6. The van der Waals surface area contributed by atoms with Gasteiger partial charge in [0.25, 0.3) is 0 Å². The predicted octanol–water partition coefficient (Wildman–Crippen LogP) is 1.30. The molecule has 0 aromatic heterocycles. The molecule has 0 radical (unpaired) electrons. The Morgan fingerprint density at radius 1 is 1.28 bits per heavy atom. The topological polar surface area (TPSA) is 50.4 Å². The number of carbonyl (C=O) groups excluding carboxylic acids is 1. The van der Waals surface area contributed by atoms with Crippen LogP contribution in [0.1, 0.15) is 40.0 Å². The third kappa shape index (κ3) is 3.69. The second-order valence-corrected chi connectivity index (χ2v) is 6.05. The lowest BCUT2D eigenvalue weighted by Gasteiger charge is -2.21. The van der Waals surface area contributed by atoms with Crippen LogP contribution in [-0.2, 0) is 9.53 Å². The highest BCUT2D eigenvalue weighted by Crippen LogP contribution is 2.38. The summed E-state index contributed by atoms with van der Waals surface area (Å²) in [6, 6.07) is 0.607. The van der Waals surface area contributed by atoms with E-state index < -0.39 is 0 Å². The molecule has 3 unspecified atom stereocenters. The van der Waals surface area contributed by atoms with Gasteiger partial charge in [-0.3, -0.25) is 4.79 Å². The van der Waals surface area contributed by atoms with Crippen molar-refractivity contribution in [2.75, 3.05) is 13.2 Å². The fraction of sp³-hybridized carbons (Fsp3) is 0.929. The first-order valence-electron chi connectivity index (χ1n) is 7.22. The number of hydrogen-bond donors (Lipinski definition) is 2. The Morgan fingerprint density at radius 2 is 2.00 bits per heavy atom. The van der Waals surface area contributed by atoms with Crippen LogP contribution in [0, 0.1) is 11.8 Å². The highest BCUT2D eigenvalue weighted by Gasteiger charge is 2.40. The lowest BCUT2D eigenvalue weighted by atomic mass is 10.1. The van der Waals surface area contributed by atoms with E-state index in [0.717, 1.165) is 18.9 Å². The van der Waals surface area contributed by atoms with Crippen LogP contribution < -0.4 is 10.6 Å². The fourth-order valence-electron chi connectivity index (χ4n) is 2.41. The summed E-state index contributed by atoms with van der Waals surface area (Å²) in [7, 11) is 0. The highest BCUT2D eigenvalue weighted by molar-refractivity contribution is 5.78. The molecule has 0 aromatic rings. The maximum atomic E-state index is 11.8. The zero-order chi connectivity index (χ0) is 13.1. The molecule has 1 heterocycles. The Labute approximate surface area is 110 Å². The van der Waals surface area contributed by atoms with Gasteiger partial charge >= 0.3 is 0 Å². The van der Waals surface area contributed by atoms with Gasteiger partial charge in [0.2, 0.25) is 5.91 Å². The molecule has 104 valence electrons. The maximum Gasteiger partial charge on any atom is 0.234 e. The van der Waals surface area contributed by atoms with E-state index in [1.54, 1.807) is 0 Å². The van der Waals surface area contributed by atoms with E-state index in [4.69, 9.17) is 4.74 Å². The number of nitrogens with one attached hydrogen (secondary N) is 2. The van der Waals surface area contributed by atoms with Crippen LogP contribution in [0.4, 0.5) is 0 Å². The molecule has 2 aliphatic rings. The summed E-state index contributed by atoms with van der Waals surface area (Å²) in [5.74, 6) is 1.31. The Hall–Kier alpha value is -0.610. The quantitative estimate of drug-likeness (QED) is 0.751. The van der Waals surface area contributed by atoms with Crippen molar-refractivity contribution in [2.45, 2.75) is 58.2 Å². The number of hydrogen-bond acceptors (Lipinski definition) is 3. The van der Waals surface area contributed by atoms with Crippen LogP contribution in [0.5, 0.6) is 0 Å². The van der Waals surface area contributed by atoms with Crippen LogP contribution in [0.25, 0.3) is 0 Å². The summed E-state index contributed by atoms with van der Waals surface area (Å²) in [5.41, 5.74) is 0. The summed E-state index contributed by atoms with van der Waals surface area (Å²) in [5, 5.41) is 6.38. The van der Waals surface area contributed by atoms with Gasteiger partial charge in [-0.15, -0.1) is 0 Å². The molecular weight excluding hydrogens is 228 g/mol. The fourth-order valence-corrected chi connectivity index (χ4v) is 2.41. The molecule has 1 aliphatic carbocycles. The van der Waals surface area contributed by atoms with E-state index in [1.165, 1.54) is 12.8 Å². The second kappa shape index (κ2) is 6.02. The first-order valence-corrected chi connectivity index (χ1v) is 7.22. The van der Waals surface area contributed by atoms with E-state index >= 15 is 0 Å². The number of amides is 1.